The summed E-state index contributed by atoms with van der Waals surface area (Å²) in [4.78, 5) is 19.2. The first-order valence-corrected chi connectivity index (χ1v) is 11.6. The number of aliphatic hydroxyl groups is 1. The van der Waals surface area contributed by atoms with E-state index in [-0.39, 0.29) is 24.2 Å². The molecule has 0 bridgehead atoms. The first-order chi connectivity index (χ1) is 15.3. The van der Waals surface area contributed by atoms with Gasteiger partial charge in [-0.25, -0.2) is 4.98 Å². The number of piperidine rings is 1. The number of hydrogen-bond donors (Lipinski definition) is 1. The fraction of sp³-hybridized carbons (Fsp3) is 0.583. The summed E-state index contributed by atoms with van der Waals surface area (Å²) in [7, 11) is 0. The number of aromatic nitrogens is 2. The molecule has 5 nitrogen and oxygen atoms in total. The Morgan fingerprint density at radius 2 is 1.81 bits per heavy atom. The molecule has 172 valence electrons. The zero-order chi connectivity index (χ0) is 22.5. The van der Waals surface area contributed by atoms with Gasteiger partial charge in [0.05, 0.1) is 11.3 Å². The molecule has 32 heavy (non-hydrogen) atoms. The quantitative estimate of drug-likeness (QED) is 0.736. The van der Waals surface area contributed by atoms with Crippen molar-refractivity contribution in [1.82, 2.24) is 14.5 Å². The Morgan fingerprint density at radius 3 is 2.56 bits per heavy atom. The molecule has 3 aliphatic rings. The van der Waals surface area contributed by atoms with Gasteiger partial charge in [-0.2, -0.15) is 13.2 Å². The molecule has 1 aliphatic carbocycles. The van der Waals surface area contributed by atoms with Crippen LogP contribution < -0.4 is 0 Å². The van der Waals surface area contributed by atoms with Crippen LogP contribution in [0.2, 0.25) is 0 Å². The van der Waals surface area contributed by atoms with Crippen molar-refractivity contribution in [1.29, 1.82) is 0 Å². The van der Waals surface area contributed by atoms with E-state index in [9.17, 15) is 23.1 Å². The van der Waals surface area contributed by atoms with Crippen LogP contribution in [0.4, 0.5) is 13.2 Å². The summed E-state index contributed by atoms with van der Waals surface area (Å²) in [6.07, 6.45) is 1.05. The monoisotopic (exact) mass is 447 g/mol. The van der Waals surface area contributed by atoms with Crippen molar-refractivity contribution >= 4 is 5.91 Å². The Labute approximate surface area is 185 Å². The fourth-order valence-electron chi connectivity index (χ4n) is 6.09. The van der Waals surface area contributed by atoms with Crippen LogP contribution in [0, 0.1) is 5.92 Å². The first-order valence-electron chi connectivity index (χ1n) is 11.6. The van der Waals surface area contributed by atoms with Gasteiger partial charge in [-0.15, -0.1) is 0 Å². The van der Waals surface area contributed by atoms with Crippen LogP contribution in [-0.2, 0) is 24.7 Å². The molecule has 0 radical (unpaired) electrons. The summed E-state index contributed by atoms with van der Waals surface area (Å²) in [5.74, 6) is -1.52. The number of carbonyl (C=O) groups excluding carboxylic acids is 1. The van der Waals surface area contributed by atoms with Crippen LogP contribution in [0.1, 0.15) is 72.5 Å². The van der Waals surface area contributed by atoms with Crippen molar-refractivity contribution < 1.29 is 23.1 Å². The molecule has 3 heterocycles. The Morgan fingerprint density at radius 1 is 1.06 bits per heavy atom. The van der Waals surface area contributed by atoms with Crippen molar-refractivity contribution in [3.05, 3.63) is 53.1 Å². The van der Waals surface area contributed by atoms with Crippen molar-refractivity contribution in [2.45, 2.75) is 75.7 Å². The summed E-state index contributed by atoms with van der Waals surface area (Å²) < 4.78 is 42.0. The van der Waals surface area contributed by atoms with Crippen molar-refractivity contribution in [3.8, 4) is 0 Å². The molecule has 1 N–H and O–H groups in total. The summed E-state index contributed by atoms with van der Waals surface area (Å²) in [5.41, 5.74) is 0.174. The maximum Gasteiger partial charge on any atom is 0.449 e. The topological polar surface area (TPSA) is 58.4 Å². The third-order valence-electron chi connectivity index (χ3n) is 7.59. The highest BCUT2D eigenvalue weighted by Gasteiger charge is 2.51. The van der Waals surface area contributed by atoms with Gasteiger partial charge < -0.3 is 14.6 Å². The van der Waals surface area contributed by atoms with Gasteiger partial charge in [0.1, 0.15) is 5.69 Å². The molecule has 1 aromatic carbocycles. The molecule has 1 saturated carbocycles. The van der Waals surface area contributed by atoms with Gasteiger partial charge in [-0.05, 0) is 44.1 Å². The number of alkyl halides is 3. The zero-order valence-electron chi connectivity index (χ0n) is 17.9. The second-order valence-corrected chi connectivity index (χ2v) is 9.33. The highest BCUT2D eigenvalue weighted by atomic mass is 19.4. The Balaban J connectivity index is 1.50. The minimum absolute atomic E-state index is 0.0495. The van der Waals surface area contributed by atoms with Gasteiger partial charge in [0, 0.05) is 25.0 Å². The number of rotatable bonds is 2. The number of carbonyl (C=O) groups is 1. The third-order valence-corrected chi connectivity index (χ3v) is 7.59. The number of hydrogen-bond acceptors (Lipinski definition) is 3. The predicted octanol–water partition coefficient (Wildman–Crippen LogP) is 4.53. The summed E-state index contributed by atoms with van der Waals surface area (Å²) in [5, 5.41) is 11.7. The van der Waals surface area contributed by atoms with Crippen molar-refractivity contribution in [2.24, 2.45) is 5.92 Å². The van der Waals surface area contributed by atoms with E-state index >= 15 is 0 Å². The lowest BCUT2D eigenvalue weighted by molar-refractivity contribution is -0.147. The van der Waals surface area contributed by atoms with Gasteiger partial charge in [-0.1, -0.05) is 43.2 Å². The predicted molar refractivity (Wildman–Crippen MR) is 112 cm³/mol. The van der Waals surface area contributed by atoms with Gasteiger partial charge in [-0.3, -0.25) is 4.79 Å². The van der Waals surface area contributed by atoms with E-state index in [2.05, 4.69) is 4.98 Å². The molecular formula is C24H28F3N3O2. The van der Waals surface area contributed by atoms with E-state index in [0.29, 0.717) is 31.5 Å². The smallest absolute Gasteiger partial charge is 0.385 e. The maximum absolute atomic E-state index is 13.6. The molecule has 1 amide bonds. The Kier molecular flexibility index (Phi) is 5.31. The fourth-order valence-corrected chi connectivity index (χ4v) is 6.09. The highest BCUT2D eigenvalue weighted by molar-refractivity contribution is 5.94. The lowest BCUT2D eigenvalue weighted by atomic mass is 9.66. The minimum atomic E-state index is -4.59. The Bertz CT molecular complexity index is 1000. The number of likely N-dealkylation sites (tertiary alicyclic amines) is 1. The lowest BCUT2D eigenvalue weighted by Crippen LogP contribution is -2.59. The lowest BCUT2D eigenvalue weighted by Gasteiger charge is -2.52. The molecule has 1 unspecified atom stereocenters. The average Bonchev–Trinajstić information content (AvgIpc) is 3.20. The number of imidazole rings is 1. The molecule has 3 atom stereocenters. The van der Waals surface area contributed by atoms with Crippen molar-refractivity contribution in [3.63, 3.8) is 0 Å². The van der Waals surface area contributed by atoms with Gasteiger partial charge >= 0.3 is 6.18 Å². The standard InChI is InChI=1S/C24H28F3N3O2/c25-24(26,27)22-28-20(19-12-6-7-14-30(19)22)21(31)29-15-13-23(32,16-8-2-1-3-9-16)17-10-4-5-11-18(17)29/h1-3,8-9,17-18,32H,4-7,10-15H2/t17-,18?,23-/m1/s1. The van der Waals surface area contributed by atoms with Crippen LogP contribution in [-0.4, -0.2) is 38.1 Å². The molecule has 2 aliphatic heterocycles. The summed E-state index contributed by atoms with van der Waals surface area (Å²) in [6.45, 7) is 0.545. The van der Waals surface area contributed by atoms with E-state index in [4.69, 9.17) is 0 Å². The molecule has 2 fully saturated rings. The SMILES string of the molecule is O=C(c1nc(C(F)(F)F)n2c1CCCC2)N1CC[C@@](O)(c2ccccc2)[C@@H]2CCCCC21. The van der Waals surface area contributed by atoms with Gasteiger partial charge in [0.2, 0.25) is 5.82 Å². The van der Waals surface area contributed by atoms with Crippen LogP contribution >= 0.6 is 0 Å². The second kappa shape index (κ2) is 7.90. The second-order valence-electron chi connectivity index (χ2n) is 9.33. The normalized spacial score (nSPS) is 28.2. The van der Waals surface area contributed by atoms with Crippen LogP contribution in [0.5, 0.6) is 0 Å². The van der Waals surface area contributed by atoms with E-state index in [0.717, 1.165) is 37.7 Å². The van der Waals surface area contributed by atoms with Crippen LogP contribution in [0.3, 0.4) is 0 Å². The summed E-state index contributed by atoms with van der Waals surface area (Å²) >= 11 is 0. The molecule has 5 rings (SSSR count). The molecule has 8 heteroatoms. The van der Waals surface area contributed by atoms with E-state index in [1.807, 2.05) is 30.3 Å². The molecule has 1 saturated heterocycles. The average molecular weight is 448 g/mol. The highest BCUT2D eigenvalue weighted by Crippen LogP contribution is 2.47. The zero-order valence-corrected chi connectivity index (χ0v) is 17.9. The Hall–Kier alpha value is -2.35. The molecule has 1 aromatic heterocycles. The van der Waals surface area contributed by atoms with E-state index < -0.39 is 23.5 Å². The van der Waals surface area contributed by atoms with Crippen molar-refractivity contribution in [2.75, 3.05) is 6.54 Å². The number of amides is 1. The number of nitrogens with zero attached hydrogens (tertiary/aromatic N) is 3. The third kappa shape index (κ3) is 3.43. The largest absolute Gasteiger partial charge is 0.449 e. The molecule has 0 spiro atoms. The van der Waals surface area contributed by atoms with Gasteiger partial charge in [0.15, 0.2) is 0 Å². The molecular weight excluding hydrogens is 419 g/mol. The van der Waals surface area contributed by atoms with Gasteiger partial charge in [0.25, 0.3) is 5.91 Å². The van der Waals surface area contributed by atoms with Crippen LogP contribution in [0.25, 0.3) is 0 Å². The van der Waals surface area contributed by atoms with E-state index in [1.165, 1.54) is 4.57 Å². The van der Waals surface area contributed by atoms with E-state index in [1.54, 1.807) is 4.90 Å². The van der Waals surface area contributed by atoms with Crippen LogP contribution in [0.15, 0.2) is 30.3 Å². The summed E-state index contributed by atoms with van der Waals surface area (Å²) in [6, 6.07) is 9.35. The minimum Gasteiger partial charge on any atom is -0.385 e. The number of benzene rings is 1. The number of halogens is 3. The number of fused-ring (bicyclic) bond motifs is 2. The molecule has 2 aromatic rings. The first kappa shape index (κ1) is 21.5. The maximum atomic E-state index is 13.6.